The van der Waals surface area contributed by atoms with Crippen LogP contribution >= 0.6 is 0 Å². The van der Waals surface area contributed by atoms with E-state index in [0.717, 1.165) is 15.4 Å². The molecule has 0 unspecified atom stereocenters. The van der Waals surface area contributed by atoms with Crippen molar-refractivity contribution in [3.63, 3.8) is 0 Å². The van der Waals surface area contributed by atoms with E-state index in [2.05, 4.69) is 5.32 Å². The summed E-state index contributed by atoms with van der Waals surface area (Å²) in [6.45, 7) is 5.14. The number of nitrogens with zero attached hydrogens (tertiary/aromatic N) is 2. The van der Waals surface area contributed by atoms with Gasteiger partial charge in [-0.15, -0.1) is 0 Å². The summed E-state index contributed by atoms with van der Waals surface area (Å²) in [6, 6.07) is 17.2. The van der Waals surface area contributed by atoms with Crippen LogP contribution in [0, 0.1) is 6.92 Å². The van der Waals surface area contributed by atoms with Crippen LogP contribution in [0.2, 0.25) is 0 Å². The monoisotopic (exact) mass is 583 g/mol. The minimum Gasteiger partial charge on any atom is -0.497 e. The average molecular weight is 584 g/mol. The lowest BCUT2D eigenvalue weighted by Crippen LogP contribution is -2.51. The Morgan fingerprint density at radius 3 is 2.07 bits per heavy atom. The van der Waals surface area contributed by atoms with Crippen molar-refractivity contribution in [1.29, 1.82) is 0 Å². The quantitative estimate of drug-likeness (QED) is 0.326. The van der Waals surface area contributed by atoms with Crippen LogP contribution in [0.3, 0.4) is 0 Å². The van der Waals surface area contributed by atoms with Gasteiger partial charge in [0, 0.05) is 19.2 Å². The highest BCUT2D eigenvalue weighted by Crippen LogP contribution is 2.34. The van der Waals surface area contributed by atoms with E-state index in [4.69, 9.17) is 14.2 Å². The molecule has 0 saturated heterocycles. The number of benzene rings is 3. The Labute approximate surface area is 241 Å². The van der Waals surface area contributed by atoms with Gasteiger partial charge in [0.15, 0.2) is 11.5 Å². The first-order valence-electron chi connectivity index (χ1n) is 13.1. The lowest BCUT2D eigenvalue weighted by molar-refractivity contribution is -0.139. The summed E-state index contributed by atoms with van der Waals surface area (Å²) in [7, 11) is 0.260. The van der Waals surface area contributed by atoms with Crippen LogP contribution < -0.4 is 23.8 Å². The second-order valence-electron chi connectivity index (χ2n) is 9.30. The molecule has 10 nitrogen and oxygen atoms in total. The molecule has 41 heavy (non-hydrogen) atoms. The first kappa shape index (κ1) is 31.3. The summed E-state index contributed by atoms with van der Waals surface area (Å²) in [5, 5.41) is 2.74. The molecular formula is C30H37N3O7S. The zero-order chi connectivity index (χ0) is 30.2. The minimum atomic E-state index is -4.21. The molecule has 1 atom stereocenters. The van der Waals surface area contributed by atoms with E-state index in [1.54, 1.807) is 69.5 Å². The first-order chi connectivity index (χ1) is 19.5. The molecule has 3 aromatic carbocycles. The molecule has 0 heterocycles. The third kappa shape index (κ3) is 7.49. The van der Waals surface area contributed by atoms with Crippen molar-refractivity contribution in [2.45, 2.75) is 38.3 Å². The van der Waals surface area contributed by atoms with E-state index in [0.29, 0.717) is 23.8 Å². The topological polar surface area (TPSA) is 114 Å². The van der Waals surface area contributed by atoms with Gasteiger partial charge in [-0.2, -0.15) is 0 Å². The van der Waals surface area contributed by atoms with Crippen molar-refractivity contribution in [2.24, 2.45) is 0 Å². The Bertz CT molecular complexity index is 1440. The minimum absolute atomic E-state index is 0.0177. The van der Waals surface area contributed by atoms with Crippen LogP contribution in [0.15, 0.2) is 71.6 Å². The van der Waals surface area contributed by atoms with Gasteiger partial charge in [0.05, 0.1) is 31.9 Å². The Hall–Kier alpha value is -4.25. The van der Waals surface area contributed by atoms with E-state index in [1.165, 1.54) is 37.3 Å². The standard InChI is InChI=1S/C30H37N3O7S/c1-7-31-30(35)22(3)32(19-23-10-13-25(38-4)14-11-23)29(34)20-33(24-12-17-27(39-5)28(18-24)40-6)41(36,37)26-15-8-21(2)9-16-26/h8-18,22H,7,19-20H2,1-6H3,(H,31,35)/t22-/m1/s1. The number of methoxy groups -OCH3 is 3. The smallest absolute Gasteiger partial charge is 0.264 e. The van der Waals surface area contributed by atoms with E-state index in [1.807, 2.05) is 6.92 Å². The molecule has 0 aromatic heterocycles. The first-order valence-corrected chi connectivity index (χ1v) is 14.5. The molecule has 0 aliphatic rings. The molecule has 3 aromatic rings. The lowest BCUT2D eigenvalue weighted by atomic mass is 10.1. The number of hydrogen-bond donors (Lipinski definition) is 1. The van der Waals surface area contributed by atoms with Gasteiger partial charge < -0.3 is 24.4 Å². The maximum atomic E-state index is 14.0. The van der Waals surface area contributed by atoms with Crippen LogP contribution in [-0.2, 0) is 26.2 Å². The van der Waals surface area contributed by atoms with Gasteiger partial charge in [0.1, 0.15) is 18.3 Å². The van der Waals surface area contributed by atoms with Crippen molar-refractivity contribution in [2.75, 3.05) is 38.7 Å². The zero-order valence-corrected chi connectivity index (χ0v) is 25.0. The SMILES string of the molecule is CCNC(=O)[C@@H](C)N(Cc1ccc(OC)cc1)C(=O)CN(c1ccc(OC)c(OC)c1)S(=O)(=O)c1ccc(C)cc1. The van der Waals surface area contributed by atoms with Gasteiger partial charge >= 0.3 is 0 Å². The van der Waals surface area contributed by atoms with Crippen LogP contribution in [0.4, 0.5) is 5.69 Å². The number of rotatable bonds is 13. The number of anilines is 1. The van der Waals surface area contributed by atoms with Gasteiger partial charge in [-0.3, -0.25) is 13.9 Å². The highest BCUT2D eigenvalue weighted by Gasteiger charge is 2.33. The van der Waals surface area contributed by atoms with E-state index in [-0.39, 0.29) is 23.0 Å². The van der Waals surface area contributed by atoms with Crippen molar-refractivity contribution in [3.8, 4) is 17.2 Å². The van der Waals surface area contributed by atoms with Gasteiger partial charge in [0.2, 0.25) is 11.8 Å². The average Bonchev–Trinajstić information content (AvgIpc) is 2.98. The Morgan fingerprint density at radius 1 is 0.878 bits per heavy atom. The number of ether oxygens (including phenoxy) is 3. The molecular weight excluding hydrogens is 546 g/mol. The molecule has 0 saturated carbocycles. The fraction of sp³-hybridized carbons (Fsp3) is 0.333. The third-order valence-corrected chi connectivity index (χ3v) is 8.36. The van der Waals surface area contributed by atoms with Crippen molar-refractivity contribution < 1.29 is 32.2 Å². The summed E-state index contributed by atoms with van der Waals surface area (Å²) in [5.74, 6) is 0.430. The van der Waals surface area contributed by atoms with Crippen LogP contribution in [0.25, 0.3) is 0 Å². The van der Waals surface area contributed by atoms with Gasteiger partial charge in [-0.1, -0.05) is 29.8 Å². The molecule has 0 radical (unpaired) electrons. The molecule has 11 heteroatoms. The summed E-state index contributed by atoms with van der Waals surface area (Å²) >= 11 is 0. The second kappa shape index (κ2) is 13.9. The molecule has 2 amide bonds. The summed E-state index contributed by atoms with van der Waals surface area (Å²) in [6.07, 6.45) is 0. The zero-order valence-electron chi connectivity index (χ0n) is 24.2. The summed E-state index contributed by atoms with van der Waals surface area (Å²) in [4.78, 5) is 28.2. The second-order valence-corrected chi connectivity index (χ2v) is 11.2. The normalized spacial score (nSPS) is 11.8. The van der Waals surface area contributed by atoms with Crippen molar-refractivity contribution in [1.82, 2.24) is 10.2 Å². The Kier molecular flexibility index (Phi) is 10.6. The predicted molar refractivity (Wildman–Crippen MR) is 157 cm³/mol. The fourth-order valence-corrected chi connectivity index (χ4v) is 5.58. The number of hydrogen-bond acceptors (Lipinski definition) is 7. The maximum absolute atomic E-state index is 14.0. The molecule has 0 aliphatic carbocycles. The fourth-order valence-electron chi connectivity index (χ4n) is 4.18. The van der Waals surface area contributed by atoms with Crippen LogP contribution in [0.1, 0.15) is 25.0 Å². The molecule has 0 bridgehead atoms. The highest BCUT2D eigenvalue weighted by molar-refractivity contribution is 7.92. The number of carbonyl (C=O) groups excluding carboxylic acids is 2. The maximum Gasteiger partial charge on any atom is 0.264 e. The molecule has 0 aliphatic heterocycles. The van der Waals surface area contributed by atoms with Crippen molar-refractivity contribution >= 4 is 27.5 Å². The lowest BCUT2D eigenvalue weighted by Gasteiger charge is -2.32. The number of aryl methyl sites for hydroxylation is 1. The highest BCUT2D eigenvalue weighted by atomic mass is 32.2. The Morgan fingerprint density at radius 2 is 1.51 bits per heavy atom. The molecule has 220 valence electrons. The van der Waals surface area contributed by atoms with Gasteiger partial charge in [-0.25, -0.2) is 8.42 Å². The van der Waals surface area contributed by atoms with Crippen LogP contribution in [-0.4, -0.2) is 65.6 Å². The number of sulfonamides is 1. The molecule has 3 rings (SSSR count). The van der Waals surface area contributed by atoms with Crippen molar-refractivity contribution in [3.05, 3.63) is 77.9 Å². The number of amides is 2. The third-order valence-electron chi connectivity index (χ3n) is 6.57. The molecule has 0 spiro atoms. The summed E-state index contributed by atoms with van der Waals surface area (Å²) < 4.78 is 44.9. The predicted octanol–water partition coefficient (Wildman–Crippen LogP) is 3.77. The molecule has 0 fully saturated rings. The van der Waals surface area contributed by atoms with Crippen LogP contribution in [0.5, 0.6) is 17.2 Å². The largest absolute Gasteiger partial charge is 0.497 e. The summed E-state index contributed by atoms with van der Waals surface area (Å²) in [5.41, 5.74) is 1.83. The van der Waals surface area contributed by atoms with E-state index < -0.39 is 28.5 Å². The van der Waals surface area contributed by atoms with E-state index >= 15 is 0 Å². The number of likely N-dealkylation sites (N-methyl/N-ethyl adjacent to an activating group) is 1. The van der Waals surface area contributed by atoms with E-state index in [9.17, 15) is 18.0 Å². The Balaban J connectivity index is 2.08. The van der Waals surface area contributed by atoms with Gasteiger partial charge in [-0.05, 0) is 62.7 Å². The molecule has 1 N–H and O–H groups in total. The number of nitrogens with one attached hydrogen (secondary N) is 1. The number of carbonyl (C=O) groups is 2. The van der Waals surface area contributed by atoms with Gasteiger partial charge in [0.25, 0.3) is 10.0 Å².